The number of hydrogen-bond acceptors (Lipinski definition) is 4. The van der Waals surface area contributed by atoms with Crippen LogP contribution in [0.4, 0.5) is 13.2 Å². The third kappa shape index (κ3) is 4.18. The van der Waals surface area contributed by atoms with Gasteiger partial charge in [0.15, 0.2) is 0 Å². The quantitative estimate of drug-likeness (QED) is 0.472. The molecule has 0 spiro atoms. The van der Waals surface area contributed by atoms with Crippen LogP contribution < -0.4 is 0 Å². The number of hydrogen-bond donors (Lipinski definition) is 0. The third-order valence-electron chi connectivity index (χ3n) is 1.95. The Balaban J connectivity index is 3.63. The fourth-order valence-corrected chi connectivity index (χ4v) is 4.18. The van der Waals surface area contributed by atoms with Gasteiger partial charge in [0, 0.05) is 21.1 Å². The standard InChI is InChI=1S/C9H4Cl2F3NO2S2/c10-3-6-5(4-15)1-2-7(18-9(12,13)14)8(6)19(11,16)17/h1-2H,3H2. The van der Waals surface area contributed by atoms with Crippen LogP contribution in [0.15, 0.2) is 21.9 Å². The molecule has 0 heterocycles. The topological polar surface area (TPSA) is 57.9 Å². The van der Waals surface area contributed by atoms with Crippen molar-refractivity contribution in [2.45, 2.75) is 21.2 Å². The lowest BCUT2D eigenvalue weighted by molar-refractivity contribution is -0.0328. The van der Waals surface area contributed by atoms with Crippen LogP contribution in [-0.4, -0.2) is 13.9 Å². The van der Waals surface area contributed by atoms with Crippen LogP contribution in [0.2, 0.25) is 0 Å². The summed E-state index contributed by atoms with van der Waals surface area (Å²) in [7, 11) is 0.664. The van der Waals surface area contributed by atoms with Crippen molar-refractivity contribution in [1.29, 1.82) is 5.26 Å². The zero-order valence-corrected chi connectivity index (χ0v) is 12.0. The highest BCUT2D eigenvalue weighted by Gasteiger charge is 2.34. The van der Waals surface area contributed by atoms with Crippen LogP contribution in [0.5, 0.6) is 0 Å². The van der Waals surface area contributed by atoms with Gasteiger partial charge in [-0.05, 0) is 23.9 Å². The average Bonchev–Trinajstić information content (AvgIpc) is 2.24. The van der Waals surface area contributed by atoms with Gasteiger partial charge in [0.25, 0.3) is 9.05 Å². The lowest BCUT2D eigenvalue weighted by atomic mass is 10.1. The Labute approximate surface area is 120 Å². The Bertz CT molecular complexity index is 638. The first kappa shape index (κ1) is 16.4. The van der Waals surface area contributed by atoms with Crippen LogP contribution in [0, 0.1) is 11.3 Å². The maximum atomic E-state index is 12.4. The van der Waals surface area contributed by atoms with Gasteiger partial charge in [-0.25, -0.2) is 8.42 Å². The minimum Gasteiger partial charge on any atom is -0.207 e. The Morgan fingerprint density at radius 2 is 1.95 bits per heavy atom. The van der Waals surface area contributed by atoms with Crippen molar-refractivity contribution < 1.29 is 21.6 Å². The minimum absolute atomic E-state index is 0.138. The van der Waals surface area contributed by atoms with Crippen LogP contribution >= 0.6 is 34.0 Å². The second kappa shape index (κ2) is 5.79. The fraction of sp³-hybridized carbons (Fsp3) is 0.222. The van der Waals surface area contributed by atoms with Gasteiger partial charge in [-0.1, -0.05) is 0 Å². The van der Waals surface area contributed by atoms with E-state index in [9.17, 15) is 21.6 Å². The van der Waals surface area contributed by atoms with E-state index in [0.717, 1.165) is 12.1 Å². The molecule has 19 heavy (non-hydrogen) atoms. The van der Waals surface area contributed by atoms with Gasteiger partial charge in [0.2, 0.25) is 0 Å². The second-order valence-electron chi connectivity index (χ2n) is 3.15. The Kier molecular flexibility index (Phi) is 5.01. The zero-order chi connectivity index (χ0) is 14.8. The molecule has 0 atom stereocenters. The van der Waals surface area contributed by atoms with Crippen LogP contribution in [0.25, 0.3) is 0 Å². The molecule has 1 aromatic rings. The number of nitriles is 1. The van der Waals surface area contributed by atoms with Gasteiger partial charge in [0.05, 0.1) is 17.5 Å². The molecule has 3 nitrogen and oxygen atoms in total. The van der Waals surface area contributed by atoms with Gasteiger partial charge in [-0.15, -0.1) is 11.6 Å². The Morgan fingerprint density at radius 3 is 2.32 bits per heavy atom. The summed E-state index contributed by atoms with van der Waals surface area (Å²) in [5.74, 6) is -0.448. The summed E-state index contributed by atoms with van der Waals surface area (Å²) < 4.78 is 59.9. The number of alkyl halides is 4. The summed E-state index contributed by atoms with van der Waals surface area (Å²) in [6.45, 7) is 0. The Morgan fingerprint density at radius 1 is 1.37 bits per heavy atom. The SMILES string of the molecule is N#Cc1ccc(SC(F)(F)F)c(S(=O)(=O)Cl)c1CCl. The molecule has 1 rings (SSSR count). The van der Waals surface area contributed by atoms with Crippen molar-refractivity contribution in [3.8, 4) is 6.07 Å². The average molecular weight is 350 g/mol. The molecule has 0 fully saturated rings. The number of benzene rings is 1. The molecule has 0 bridgehead atoms. The molecule has 0 N–H and O–H groups in total. The van der Waals surface area contributed by atoms with Crippen molar-refractivity contribution in [3.63, 3.8) is 0 Å². The van der Waals surface area contributed by atoms with Gasteiger partial charge in [-0.2, -0.15) is 18.4 Å². The first-order valence-electron chi connectivity index (χ1n) is 4.42. The maximum Gasteiger partial charge on any atom is 0.446 e. The predicted octanol–water partition coefficient (Wildman–Crippen LogP) is 3.84. The summed E-state index contributed by atoms with van der Waals surface area (Å²) in [5, 5.41) is 8.79. The van der Waals surface area contributed by atoms with Crippen molar-refractivity contribution in [2.75, 3.05) is 0 Å². The molecule has 0 aliphatic rings. The van der Waals surface area contributed by atoms with E-state index in [1.165, 1.54) is 0 Å². The van der Waals surface area contributed by atoms with E-state index in [-0.39, 0.29) is 11.1 Å². The van der Waals surface area contributed by atoms with Crippen molar-refractivity contribution in [1.82, 2.24) is 0 Å². The lowest BCUT2D eigenvalue weighted by Crippen LogP contribution is -2.06. The smallest absolute Gasteiger partial charge is 0.207 e. The molecule has 0 saturated carbocycles. The van der Waals surface area contributed by atoms with Crippen LogP contribution in [0.3, 0.4) is 0 Å². The molecule has 0 aromatic heterocycles. The van der Waals surface area contributed by atoms with Gasteiger partial charge in [0.1, 0.15) is 4.90 Å². The molecule has 10 heteroatoms. The number of rotatable bonds is 3. The molecule has 104 valence electrons. The molecule has 1 aromatic carbocycles. The minimum atomic E-state index is -4.69. The highest BCUT2D eigenvalue weighted by molar-refractivity contribution is 8.14. The summed E-state index contributed by atoms with van der Waals surface area (Å²) in [5.41, 5.74) is -5.07. The van der Waals surface area contributed by atoms with E-state index in [4.69, 9.17) is 27.5 Å². The van der Waals surface area contributed by atoms with Crippen molar-refractivity contribution in [3.05, 3.63) is 23.3 Å². The highest BCUT2D eigenvalue weighted by Crippen LogP contribution is 2.42. The van der Waals surface area contributed by atoms with Gasteiger partial charge < -0.3 is 0 Å². The molecule has 0 radical (unpaired) electrons. The first-order chi connectivity index (χ1) is 8.60. The summed E-state index contributed by atoms with van der Waals surface area (Å²) in [6.07, 6.45) is 0. The third-order valence-corrected chi connectivity index (χ3v) is 4.55. The first-order valence-corrected chi connectivity index (χ1v) is 8.08. The fourth-order valence-electron chi connectivity index (χ4n) is 1.32. The highest BCUT2D eigenvalue weighted by atomic mass is 35.7. The maximum absolute atomic E-state index is 12.4. The van der Waals surface area contributed by atoms with E-state index < -0.39 is 42.0 Å². The molecule has 0 amide bonds. The lowest BCUT2D eigenvalue weighted by Gasteiger charge is -2.13. The van der Waals surface area contributed by atoms with Crippen molar-refractivity contribution in [2.24, 2.45) is 0 Å². The zero-order valence-electron chi connectivity index (χ0n) is 8.83. The monoisotopic (exact) mass is 349 g/mol. The predicted molar refractivity (Wildman–Crippen MR) is 65.7 cm³/mol. The molecule has 0 unspecified atom stereocenters. The van der Waals surface area contributed by atoms with Crippen molar-refractivity contribution >= 4 is 43.1 Å². The second-order valence-corrected chi connectivity index (χ2v) is 7.03. The van der Waals surface area contributed by atoms with E-state index in [1.54, 1.807) is 6.07 Å². The van der Waals surface area contributed by atoms with Gasteiger partial charge in [-0.3, -0.25) is 0 Å². The van der Waals surface area contributed by atoms with Crippen LogP contribution in [0.1, 0.15) is 11.1 Å². The number of thioether (sulfide) groups is 1. The Hall–Kier alpha value is -0.620. The number of halogens is 5. The summed E-state index contributed by atoms with van der Waals surface area (Å²) >= 11 is 4.87. The van der Waals surface area contributed by atoms with E-state index in [0.29, 0.717) is 0 Å². The molecule has 0 aliphatic carbocycles. The largest absolute Gasteiger partial charge is 0.446 e. The number of nitrogens with zero attached hydrogens (tertiary/aromatic N) is 1. The molecule has 0 aliphatic heterocycles. The van der Waals surface area contributed by atoms with Crippen LogP contribution in [-0.2, 0) is 14.9 Å². The molecular formula is C9H4Cl2F3NO2S2. The van der Waals surface area contributed by atoms with E-state index >= 15 is 0 Å². The summed E-state index contributed by atoms with van der Waals surface area (Å²) in [6, 6.07) is 3.59. The molecular weight excluding hydrogens is 346 g/mol. The van der Waals surface area contributed by atoms with Gasteiger partial charge >= 0.3 is 5.51 Å². The van der Waals surface area contributed by atoms with E-state index in [1.807, 2.05) is 0 Å². The molecule has 0 saturated heterocycles. The summed E-state index contributed by atoms with van der Waals surface area (Å²) in [4.78, 5) is -1.39. The normalized spacial score (nSPS) is 12.2. The van der Waals surface area contributed by atoms with E-state index in [2.05, 4.69) is 0 Å².